The van der Waals surface area contributed by atoms with Gasteiger partial charge in [0.25, 0.3) is 5.91 Å². The highest BCUT2D eigenvalue weighted by molar-refractivity contribution is 9.10. The van der Waals surface area contributed by atoms with E-state index in [1.165, 1.54) is 22.5 Å². The standard InChI is InChI=1S/C32H39BrN2O6S/c1-9-35(10-2)42(38,39)25-12-14-28(40-29-15-21(5)11-13-26(29)20(3)4)27(19-25)34-30(36)22-16-23(18-24(33)17-22)31(37)41-32(6,7)8/h11-20H,9-10H2,1-8H3,(H,34,36). The van der Waals surface area contributed by atoms with Gasteiger partial charge in [0.2, 0.25) is 10.0 Å². The average molecular weight is 660 g/mol. The van der Waals surface area contributed by atoms with Crippen molar-refractivity contribution >= 4 is 43.5 Å². The summed E-state index contributed by atoms with van der Waals surface area (Å²) in [5.41, 5.74) is 1.78. The molecule has 10 heteroatoms. The van der Waals surface area contributed by atoms with Gasteiger partial charge in [-0.25, -0.2) is 13.2 Å². The minimum absolute atomic E-state index is 0.0193. The Morgan fingerprint density at radius 3 is 2.17 bits per heavy atom. The van der Waals surface area contributed by atoms with Crippen LogP contribution < -0.4 is 10.1 Å². The van der Waals surface area contributed by atoms with Crippen LogP contribution in [0.1, 0.15) is 86.2 Å². The monoisotopic (exact) mass is 658 g/mol. The van der Waals surface area contributed by atoms with Gasteiger partial charge in [-0.15, -0.1) is 0 Å². The summed E-state index contributed by atoms with van der Waals surface area (Å²) in [4.78, 5) is 26.3. The number of rotatable bonds is 10. The average Bonchev–Trinajstić information content (AvgIpc) is 2.88. The summed E-state index contributed by atoms with van der Waals surface area (Å²) < 4.78 is 40.4. The van der Waals surface area contributed by atoms with Gasteiger partial charge in [-0.2, -0.15) is 4.31 Å². The van der Waals surface area contributed by atoms with Crippen LogP contribution in [0.4, 0.5) is 5.69 Å². The molecule has 0 saturated carbocycles. The molecule has 0 bridgehead atoms. The third-order valence-corrected chi connectivity index (χ3v) is 8.85. The Hall–Kier alpha value is -3.21. The number of halogens is 1. The molecule has 0 atom stereocenters. The zero-order valence-corrected chi connectivity index (χ0v) is 27.8. The summed E-state index contributed by atoms with van der Waals surface area (Å²) in [6, 6.07) is 14.9. The van der Waals surface area contributed by atoms with Gasteiger partial charge < -0.3 is 14.8 Å². The second kappa shape index (κ2) is 13.4. The van der Waals surface area contributed by atoms with Crippen LogP contribution in [-0.4, -0.2) is 43.3 Å². The van der Waals surface area contributed by atoms with Crippen molar-refractivity contribution in [3.63, 3.8) is 0 Å². The quantitative estimate of drug-likeness (QED) is 0.222. The summed E-state index contributed by atoms with van der Waals surface area (Å²) in [7, 11) is -3.83. The number of hydrogen-bond acceptors (Lipinski definition) is 6. The molecule has 0 saturated heterocycles. The predicted molar refractivity (Wildman–Crippen MR) is 169 cm³/mol. The van der Waals surface area contributed by atoms with E-state index in [0.717, 1.165) is 11.1 Å². The fourth-order valence-corrected chi connectivity index (χ4v) is 6.24. The normalized spacial score (nSPS) is 12.0. The molecule has 0 fully saturated rings. The maximum Gasteiger partial charge on any atom is 0.338 e. The van der Waals surface area contributed by atoms with E-state index in [4.69, 9.17) is 9.47 Å². The molecule has 1 N–H and O–H groups in total. The van der Waals surface area contributed by atoms with Crippen molar-refractivity contribution < 1.29 is 27.5 Å². The van der Waals surface area contributed by atoms with Crippen molar-refractivity contribution in [3.05, 3.63) is 81.3 Å². The lowest BCUT2D eigenvalue weighted by Crippen LogP contribution is -2.30. The Morgan fingerprint density at radius 1 is 0.929 bits per heavy atom. The van der Waals surface area contributed by atoms with Crippen molar-refractivity contribution in [2.75, 3.05) is 18.4 Å². The minimum Gasteiger partial charge on any atom is -0.456 e. The van der Waals surface area contributed by atoms with Crippen molar-refractivity contribution in [1.82, 2.24) is 4.31 Å². The van der Waals surface area contributed by atoms with E-state index in [2.05, 4.69) is 35.1 Å². The number of sulfonamides is 1. The number of carbonyl (C=O) groups is 2. The lowest BCUT2D eigenvalue weighted by molar-refractivity contribution is 0.00693. The van der Waals surface area contributed by atoms with E-state index in [9.17, 15) is 18.0 Å². The Kier molecular flexibility index (Phi) is 10.6. The molecule has 0 aliphatic rings. The highest BCUT2D eigenvalue weighted by Gasteiger charge is 2.25. The van der Waals surface area contributed by atoms with Crippen LogP contribution >= 0.6 is 15.9 Å². The smallest absolute Gasteiger partial charge is 0.338 e. The number of esters is 1. The van der Waals surface area contributed by atoms with E-state index in [0.29, 0.717) is 23.3 Å². The summed E-state index contributed by atoms with van der Waals surface area (Å²) in [6.45, 7) is 15.5. The lowest BCUT2D eigenvalue weighted by Gasteiger charge is -2.21. The summed E-state index contributed by atoms with van der Waals surface area (Å²) in [5.74, 6) is -0.0911. The SMILES string of the molecule is CCN(CC)S(=O)(=O)c1ccc(Oc2cc(C)ccc2C(C)C)c(NC(=O)c2cc(Br)cc(C(=O)OC(C)(C)C)c2)c1. The van der Waals surface area contributed by atoms with E-state index in [1.807, 2.05) is 25.1 Å². The third kappa shape index (κ3) is 8.20. The summed E-state index contributed by atoms with van der Waals surface area (Å²) in [5, 5.41) is 2.82. The first kappa shape index (κ1) is 33.3. The molecule has 42 heavy (non-hydrogen) atoms. The minimum atomic E-state index is -3.83. The number of hydrogen-bond donors (Lipinski definition) is 1. The van der Waals surface area contributed by atoms with E-state index >= 15 is 0 Å². The van der Waals surface area contributed by atoms with E-state index in [1.54, 1.807) is 52.8 Å². The molecule has 0 unspecified atom stereocenters. The first-order valence-electron chi connectivity index (χ1n) is 13.8. The number of nitrogens with one attached hydrogen (secondary N) is 1. The van der Waals surface area contributed by atoms with Crippen molar-refractivity contribution in [2.45, 2.75) is 71.8 Å². The lowest BCUT2D eigenvalue weighted by atomic mass is 10.0. The van der Waals surface area contributed by atoms with Gasteiger partial charge in [-0.1, -0.05) is 55.8 Å². The first-order chi connectivity index (χ1) is 19.5. The molecule has 3 aromatic rings. The highest BCUT2D eigenvalue weighted by atomic mass is 79.9. The van der Waals surface area contributed by atoms with Crippen LogP contribution in [0.3, 0.4) is 0 Å². The molecule has 1 amide bonds. The van der Waals surface area contributed by atoms with E-state index < -0.39 is 27.5 Å². The summed E-state index contributed by atoms with van der Waals surface area (Å²) >= 11 is 3.37. The van der Waals surface area contributed by atoms with Gasteiger partial charge in [0.15, 0.2) is 5.75 Å². The molecule has 0 aliphatic carbocycles. The first-order valence-corrected chi connectivity index (χ1v) is 16.1. The molecular weight excluding hydrogens is 620 g/mol. The molecule has 0 radical (unpaired) electrons. The number of nitrogens with zero attached hydrogens (tertiary/aromatic N) is 1. The molecule has 226 valence electrons. The predicted octanol–water partition coefficient (Wildman–Crippen LogP) is 7.91. The molecule has 0 aromatic heterocycles. The van der Waals surface area contributed by atoms with Gasteiger partial charge >= 0.3 is 5.97 Å². The molecule has 0 spiro atoms. The van der Waals surface area contributed by atoms with Crippen molar-refractivity contribution in [3.8, 4) is 11.5 Å². The van der Waals surface area contributed by atoms with Gasteiger partial charge in [0.1, 0.15) is 11.4 Å². The maximum atomic E-state index is 13.6. The van der Waals surface area contributed by atoms with Crippen LogP contribution in [0.15, 0.2) is 64.0 Å². The zero-order chi connectivity index (χ0) is 31.4. The van der Waals surface area contributed by atoms with Crippen LogP contribution in [0.5, 0.6) is 11.5 Å². The second-order valence-corrected chi connectivity index (χ2v) is 14.1. The Balaban J connectivity index is 2.10. The van der Waals surface area contributed by atoms with Gasteiger partial charge in [0.05, 0.1) is 16.1 Å². The van der Waals surface area contributed by atoms with E-state index in [-0.39, 0.29) is 33.4 Å². The number of aryl methyl sites for hydroxylation is 1. The molecule has 3 aromatic carbocycles. The van der Waals surface area contributed by atoms with Gasteiger partial charge in [-0.3, -0.25) is 4.79 Å². The van der Waals surface area contributed by atoms with Crippen LogP contribution in [-0.2, 0) is 14.8 Å². The maximum absolute atomic E-state index is 13.6. The van der Waals surface area contributed by atoms with Gasteiger partial charge in [0, 0.05) is 23.1 Å². The van der Waals surface area contributed by atoms with Crippen LogP contribution in [0.2, 0.25) is 0 Å². The van der Waals surface area contributed by atoms with Crippen LogP contribution in [0, 0.1) is 6.92 Å². The third-order valence-electron chi connectivity index (χ3n) is 6.35. The Bertz CT molecular complexity index is 1570. The Labute approximate surface area is 257 Å². The number of benzene rings is 3. The number of carbonyl (C=O) groups excluding carboxylic acids is 2. The second-order valence-electron chi connectivity index (χ2n) is 11.2. The Morgan fingerprint density at radius 2 is 1.57 bits per heavy atom. The molecule has 0 aliphatic heterocycles. The molecule has 0 heterocycles. The molecular formula is C32H39BrN2O6S. The fraction of sp³-hybridized carbons (Fsp3) is 0.375. The van der Waals surface area contributed by atoms with Gasteiger partial charge in [-0.05, 0) is 87.2 Å². The molecule has 3 rings (SSSR count). The summed E-state index contributed by atoms with van der Waals surface area (Å²) in [6.07, 6.45) is 0. The van der Waals surface area contributed by atoms with Crippen LogP contribution in [0.25, 0.3) is 0 Å². The largest absolute Gasteiger partial charge is 0.456 e. The topological polar surface area (TPSA) is 102 Å². The van der Waals surface area contributed by atoms with Crippen molar-refractivity contribution in [2.24, 2.45) is 0 Å². The zero-order valence-electron chi connectivity index (χ0n) is 25.4. The number of ether oxygens (including phenoxy) is 2. The number of anilines is 1. The number of amides is 1. The van der Waals surface area contributed by atoms with Crippen molar-refractivity contribution in [1.29, 1.82) is 0 Å². The highest BCUT2D eigenvalue weighted by Crippen LogP contribution is 2.37. The fourth-order valence-electron chi connectivity index (χ4n) is 4.26. The molecule has 8 nitrogen and oxygen atoms in total.